The fourth-order valence-electron chi connectivity index (χ4n) is 3.98. The number of halogens is 1. The van der Waals surface area contributed by atoms with Gasteiger partial charge in [0.1, 0.15) is 11.4 Å². The van der Waals surface area contributed by atoms with Crippen LogP contribution in [0, 0.1) is 6.92 Å². The quantitative estimate of drug-likeness (QED) is 0.839. The number of likely N-dealkylation sites (tertiary alicyclic amines) is 1. The molecule has 7 nitrogen and oxygen atoms in total. The van der Waals surface area contributed by atoms with Crippen molar-refractivity contribution in [1.82, 2.24) is 24.9 Å². The molecule has 0 spiro atoms. The van der Waals surface area contributed by atoms with Crippen molar-refractivity contribution in [1.29, 1.82) is 0 Å². The summed E-state index contributed by atoms with van der Waals surface area (Å²) in [5, 5.41) is 7.92. The lowest BCUT2D eigenvalue weighted by molar-refractivity contribution is 0.0767. The molecule has 2 aromatic rings. The van der Waals surface area contributed by atoms with Gasteiger partial charge in [-0.05, 0) is 37.1 Å². The number of aromatic nitrogens is 2. The van der Waals surface area contributed by atoms with E-state index in [1.54, 1.807) is 17.9 Å². The van der Waals surface area contributed by atoms with E-state index in [0.717, 1.165) is 62.7 Å². The van der Waals surface area contributed by atoms with Crippen LogP contribution in [0.3, 0.4) is 0 Å². The fourth-order valence-corrected chi connectivity index (χ4v) is 3.98. The number of hydrogen-bond donors (Lipinski definition) is 1. The van der Waals surface area contributed by atoms with Gasteiger partial charge in [0, 0.05) is 51.5 Å². The van der Waals surface area contributed by atoms with Crippen LogP contribution in [0.1, 0.15) is 22.5 Å². The predicted octanol–water partition coefficient (Wildman–Crippen LogP) is 1.73. The molecule has 28 heavy (non-hydrogen) atoms. The van der Waals surface area contributed by atoms with Crippen molar-refractivity contribution in [2.45, 2.75) is 19.4 Å². The lowest BCUT2D eigenvalue weighted by Crippen LogP contribution is -2.49. The summed E-state index contributed by atoms with van der Waals surface area (Å²) >= 11 is 0. The minimum Gasteiger partial charge on any atom is -0.494 e. The molecule has 0 aliphatic carbocycles. The Balaban J connectivity index is 0.00000225. The van der Waals surface area contributed by atoms with Crippen molar-refractivity contribution in [3.05, 3.63) is 41.7 Å². The highest BCUT2D eigenvalue weighted by Gasteiger charge is 2.32. The van der Waals surface area contributed by atoms with E-state index in [0.29, 0.717) is 11.7 Å². The van der Waals surface area contributed by atoms with Gasteiger partial charge in [0.2, 0.25) is 0 Å². The summed E-state index contributed by atoms with van der Waals surface area (Å²) < 4.78 is 7.16. The summed E-state index contributed by atoms with van der Waals surface area (Å²) in [5.74, 6) is 0.751. The van der Waals surface area contributed by atoms with E-state index in [9.17, 15) is 4.79 Å². The van der Waals surface area contributed by atoms with Crippen LogP contribution in [0.15, 0.2) is 30.5 Å². The third-order valence-corrected chi connectivity index (χ3v) is 5.51. The topological polar surface area (TPSA) is 62.6 Å². The van der Waals surface area contributed by atoms with Gasteiger partial charge in [-0.2, -0.15) is 5.10 Å². The lowest BCUT2D eigenvalue weighted by atomic mass is 10.2. The van der Waals surface area contributed by atoms with E-state index in [1.165, 1.54) is 0 Å². The number of hydrogen-bond acceptors (Lipinski definition) is 5. The highest BCUT2D eigenvalue weighted by molar-refractivity contribution is 5.92. The molecule has 1 aromatic carbocycles. The van der Waals surface area contributed by atoms with E-state index in [4.69, 9.17) is 4.74 Å². The van der Waals surface area contributed by atoms with Crippen molar-refractivity contribution in [3.63, 3.8) is 0 Å². The molecule has 2 aliphatic heterocycles. The smallest absolute Gasteiger partial charge is 0.274 e. The van der Waals surface area contributed by atoms with Gasteiger partial charge in [-0.3, -0.25) is 9.69 Å². The maximum atomic E-state index is 12.9. The molecule has 2 saturated heterocycles. The second-order valence-corrected chi connectivity index (χ2v) is 7.30. The highest BCUT2D eigenvalue weighted by atomic mass is 35.5. The number of benzene rings is 1. The molecule has 2 aliphatic rings. The zero-order chi connectivity index (χ0) is 18.8. The number of nitrogens with one attached hydrogen (secondary N) is 1. The van der Waals surface area contributed by atoms with E-state index in [1.807, 2.05) is 36.2 Å². The molecule has 152 valence electrons. The van der Waals surface area contributed by atoms with E-state index in [2.05, 4.69) is 15.3 Å². The molecule has 1 atom stereocenters. The Bertz CT molecular complexity index is 819. The first-order valence-corrected chi connectivity index (χ1v) is 9.60. The van der Waals surface area contributed by atoms with Gasteiger partial charge < -0.3 is 15.0 Å². The summed E-state index contributed by atoms with van der Waals surface area (Å²) in [6.45, 7) is 7.82. The number of aryl methyl sites for hydroxylation is 1. The van der Waals surface area contributed by atoms with Gasteiger partial charge in [-0.25, -0.2) is 4.68 Å². The van der Waals surface area contributed by atoms with Crippen LogP contribution < -0.4 is 10.1 Å². The number of methoxy groups -OCH3 is 1. The Morgan fingerprint density at radius 1 is 1.21 bits per heavy atom. The average Bonchev–Trinajstić information content (AvgIpc) is 3.38. The molecule has 1 amide bonds. The highest BCUT2D eigenvalue weighted by Crippen LogP contribution is 2.24. The van der Waals surface area contributed by atoms with Crippen LogP contribution in [0.4, 0.5) is 0 Å². The summed E-state index contributed by atoms with van der Waals surface area (Å²) in [7, 11) is 1.64. The van der Waals surface area contributed by atoms with Crippen molar-refractivity contribution < 1.29 is 9.53 Å². The molecule has 0 radical (unpaired) electrons. The monoisotopic (exact) mass is 405 g/mol. The number of nitrogens with zero attached hydrogens (tertiary/aromatic N) is 4. The summed E-state index contributed by atoms with van der Waals surface area (Å²) in [4.78, 5) is 17.4. The Kier molecular flexibility index (Phi) is 6.59. The molecule has 2 fully saturated rings. The van der Waals surface area contributed by atoms with Crippen molar-refractivity contribution in [2.24, 2.45) is 0 Å². The van der Waals surface area contributed by atoms with Crippen LogP contribution in [0.25, 0.3) is 5.69 Å². The maximum absolute atomic E-state index is 12.9. The zero-order valence-electron chi connectivity index (χ0n) is 16.4. The number of carbonyl (C=O) groups is 1. The van der Waals surface area contributed by atoms with Gasteiger partial charge in [-0.1, -0.05) is 6.07 Å². The van der Waals surface area contributed by atoms with E-state index < -0.39 is 0 Å². The fraction of sp³-hybridized carbons (Fsp3) is 0.500. The largest absolute Gasteiger partial charge is 0.494 e. The number of rotatable bonds is 4. The maximum Gasteiger partial charge on any atom is 0.274 e. The molecule has 0 bridgehead atoms. The lowest BCUT2D eigenvalue weighted by Gasteiger charge is -2.32. The van der Waals surface area contributed by atoms with E-state index >= 15 is 0 Å². The number of carbonyl (C=O) groups excluding carboxylic acids is 1. The molecule has 1 unspecified atom stereocenters. The van der Waals surface area contributed by atoms with Crippen LogP contribution in [0.2, 0.25) is 0 Å². The van der Waals surface area contributed by atoms with Crippen LogP contribution in [0.5, 0.6) is 5.75 Å². The molecule has 0 saturated carbocycles. The third kappa shape index (κ3) is 4.16. The van der Waals surface area contributed by atoms with Crippen molar-refractivity contribution in [3.8, 4) is 11.4 Å². The number of piperazine rings is 1. The summed E-state index contributed by atoms with van der Waals surface area (Å²) in [6.07, 6.45) is 2.87. The molecular formula is C20H28ClN5O2. The predicted molar refractivity (Wildman–Crippen MR) is 111 cm³/mol. The molecule has 1 aromatic heterocycles. The first kappa shape index (κ1) is 20.6. The number of ether oxygens (including phenoxy) is 1. The van der Waals surface area contributed by atoms with Gasteiger partial charge in [0.25, 0.3) is 5.91 Å². The van der Waals surface area contributed by atoms with Crippen LogP contribution in [-0.4, -0.2) is 77.9 Å². The van der Waals surface area contributed by atoms with E-state index in [-0.39, 0.29) is 18.3 Å². The summed E-state index contributed by atoms with van der Waals surface area (Å²) in [6, 6.07) is 8.19. The minimum atomic E-state index is 0. The third-order valence-electron chi connectivity index (χ3n) is 5.51. The average molecular weight is 406 g/mol. The first-order valence-electron chi connectivity index (χ1n) is 9.60. The van der Waals surface area contributed by atoms with Crippen LogP contribution in [-0.2, 0) is 0 Å². The Morgan fingerprint density at radius 3 is 2.75 bits per heavy atom. The van der Waals surface area contributed by atoms with Crippen LogP contribution >= 0.6 is 12.4 Å². The zero-order valence-corrected chi connectivity index (χ0v) is 17.2. The SMILES string of the molecule is COc1ccc(C)cc1-n1ccc(C(=O)N2CCC(N3CCNCC3)C2)n1.Cl. The van der Waals surface area contributed by atoms with Gasteiger partial charge >= 0.3 is 0 Å². The van der Waals surface area contributed by atoms with Crippen molar-refractivity contribution >= 4 is 18.3 Å². The second-order valence-electron chi connectivity index (χ2n) is 7.30. The van der Waals surface area contributed by atoms with Gasteiger partial charge in [0.15, 0.2) is 5.69 Å². The standard InChI is InChI=1S/C20H27N5O2.ClH/c1-15-3-4-19(27-2)18(13-15)25-10-6-17(22-25)20(26)24-9-5-16(14-24)23-11-7-21-8-12-23;/h3-4,6,10,13,16,21H,5,7-9,11-12,14H2,1-2H3;1H. The Labute approximate surface area is 172 Å². The van der Waals surface area contributed by atoms with Gasteiger partial charge in [-0.15, -0.1) is 12.4 Å². The van der Waals surface area contributed by atoms with Crippen molar-refractivity contribution in [2.75, 3.05) is 46.4 Å². The molecule has 1 N–H and O–H groups in total. The summed E-state index contributed by atoms with van der Waals surface area (Å²) in [5.41, 5.74) is 2.45. The van der Waals surface area contributed by atoms with Gasteiger partial charge in [0.05, 0.1) is 7.11 Å². The normalized spacial score (nSPS) is 20.1. The molecule has 8 heteroatoms. The Morgan fingerprint density at radius 2 is 2.00 bits per heavy atom. The second kappa shape index (κ2) is 8.94. The first-order chi connectivity index (χ1) is 13.2. The molecule has 4 rings (SSSR count). The Hall–Kier alpha value is -2.09. The number of amides is 1. The molecule has 3 heterocycles. The minimum absolute atomic E-state index is 0. The molecular weight excluding hydrogens is 378 g/mol.